The van der Waals surface area contributed by atoms with Crippen LogP contribution in [-0.4, -0.2) is 23.2 Å². The average molecular weight is 390 g/mol. The van der Waals surface area contributed by atoms with E-state index in [9.17, 15) is 9.59 Å². The minimum atomic E-state index is -1.37. The second-order valence-corrected chi connectivity index (χ2v) is 8.97. The SMILES string of the molecule is CC1CCC(C(=O)N(c2cc(C#CC3CC3)sc2OC(=O)O)C(C)C)CC1. The molecule has 27 heavy (non-hydrogen) atoms. The Bertz CT molecular complexity index is 761. The number of rotatable bonds is 4. The number of thiophene rings is 1. The first kappa shape index (κ1) is 19.8. The van der Waals surface area contributed by atoms with E-state index in [-0.39, 0.29) is 22.9 Å². The molecule has 0 spiro atoms. The zero-order valence-electron chi connectivity index (χ0n) is 16.2. The van der Waals surface area contributed by atoms with Crippen molar-refractivity contribution < 1.29 is 19.4 Å². The topological polar surface area (TPSA) is 66.8 Å². The maximum Gasteiger partial charge on any atom is 0.512 e. The molecule has 0 atom stereocenters. The van der Waals surface area contributed by atoms with Gasteiger partial charge in [0.1, 0.15) is 5.69 Å². The highest BCUT2D eigenvalue weighted by molar-refractivity contribution is 7.15. The lowest BCUT2D eigenvalue weighted by Gasteiger charge is -2.33. The number of anilines is 1. The summed E-state index contributed by atoms with van der Waals surface area (Å²) in [5.74, 6) is 7.47. The van der Waals surface area contributed by atoms with Crippen LogP contribution in [0.5, 0.6) is 5.06 Å². The van der Waals surface area contributed by atoms with Gasteiger partial charge in [0, 0.05) is 17.9 Å². The molecule has 0 saturated heterocycles. The van der Waals surface area contributed by atoms with Crippen LogP contribution in [0.15, 0.2) is 6.07 Å². The number of carbonyl (C=O) groups excluding carboxylic acids is 1. The van der Waals surface area contributed by atoms with Crippen LogP contribution in [0, 0.1) is 29.6 Å². The van der Waals surface area contributed by atoms with Gasteiger partial charge in [-0.2, -0.15) is 0 Å². The maximum absolute atomic E-state index is 13.3. The number of ether oxygens (including phenoxy) is 1. The second-order valence-electron chi connectivity index (χ2n) is 7.95. The molecule has 2 aliphatic carbocycles. The first-order valence-corrected chi connectivity index (χ1v) is 10.6. The number of amides is 1. The molecule has 0 radical (unpaired) electrons. The summed E-state index contributed by atoms with van der Waals surface area (Å²) < 4.78 is 5.01. The van der Waals surface area contributed by atoms with Gasteiger partial charge in [0.05, 0.1) is 4.88 Å². The van der Waals surface area contributed by atoms with Gasteiger partial charge in [-0.3, -0.25) is 4.79 Å². The number of nitrogens with zero attached hydrogens (tertiary/aromatic N) is 1. The zero-order chi connectivity index (χ0) is 19.6. The highest BCUT2D eigenvalue weighted by atomic mass is 32.1. The van der Waals surface area contributed by atoms with Gasteiger partial charge in [-0.25, -0.2) is 4.79 Å². The molecule has 1 N–H and O–H groups in total. The Balaban J connectivity index is 1.89. The lowest BCUT2D eigenvalue weighted by atomic mass is 9.82. The van der Waals surface area contributed by atoms with Gasteiger partial charge in [0.2, 0.25) is 11.0 Å². The summed E-state index contributed by atoms with van der Waals surface area (Å²) in [6.07, 6.45) is 4.77. The highest BCUT2D eigenvalue weighted by Crippen LogP contribution is 2.41. The van der Waals surface area contributed by atoms with Crippen molar-refractivity contribution in [2.24, 2.45) is 17.8 Å². The fraction of sp³-hybridized carbons (Fsp3) is 0.619. The summed E-state index contributed by atoms with van der Waals surface area (Å²) in [6, 6.07) is 1.72. The van der Waals surface area contributed by atoms with Crippen LogP contribution in [0.1, 0.15) is 64.2 Å². The standard InChI is InChI=1S/C21H27NO4S/c1-13(2)22(19(23)16-9-4-14(3)5-10-16)18-12-17(11-8-15-6-7-15)27-20(18)26-21(24)25/h12-16H,4-7,9-10H2,1-3H3,(H,24,25). The third kappa shape index (κ3) is 5.04. The number of carboxylic acid groups (broad SMARTS) is 1. The molecule has 0 aliphatic heterocycles. The van der Waals surface area contributed by atoms with Gasteiger partial charge in [-0.15, -0.1) is 0 Å². The molecule has 2 fully saturated rings. The van der Waals surface area contributed by atoms with E-state index < -0.39 is 6.16 Å². The summed E-state index contributed by atoms with van der Waals surface area (Å²) in [7, 11) is 0. The van der Waals surface area contributed by atoms with Crippen LogP contribution < -0.4 is 9.64 Å². The predicted molar refractivity (Wildman–Crippen MR) is 106 cm³/mol. The van der Waals surface area contributed by atoms with Crippen molar-refractivity contribution in [3.05, 3.63) is 10.9 Å². The Hall–Kier alpha value is -2.00. The van der Waals surface area contributed by atoms with E-state index in [1.54, 1.807) is 4.90 Å². The Morgan fingerprint density at radius 2 is 1.89 bits per heavy atom. The lowest BCUT2D eigenvalue weighted by Crippen LogP contribution is -2.42. The third-order valence-corrected chi connectivity index (χ3v) is 6.13. The maximum atomic E-state index is 13.3. The van der Waals surface area contributed by atoms with Crippen molar-refractivity contribution in [2.45, 2.75) is 65.3 Å². The smallest absolute Gasteiger partial charge is 0.449 e. The van der Waals surface area contributed by atoms with E-state index in [1.165, 1.54) is 11.3 Å². The quantitative estimate of drug-likeness (QED) is 0.572. The second kappa shape index (κ2) is 8.35. The van der Waals surface area contributed by atoms with E-state index in [0.717, 1.165) is 43.4 Å². The van der Waals surface area contributed by atoms with Gasteiger partial charge in [0.25, 0.3) is 0 Å². The first-order chi connectivity index (χ1) is 12.8. The van der Waals surface area contributed by atoms with Crippen molar-refractivity contribution in [1.82, 2.24) is 0 Å². The number of carbonyl (C=O) groups is 2. The van der Waals surface area contributed by atoms with Crippen molar-refractivity contribution in [3.8, 4) is 16.9 Å². The average Bonchev–Trinajstić information content (AvgIpc) is 3.35. The molecule has 2 saturated carbocycles. The van der Waals surface area contributed by atoms with Gasteiger partial charge < -0.3 is 14.7 Å². The Kier molecular flexibility index (Phi) is 6.11. The zero-order valence-corrected chi connectivity index (χ0v) is 17.0. The van der Waals surface area contributed by atoms with E-state index in [4.69, 9.17) is 9.84 Å². The normalized spacial score (nSPS) is 22.1. The molecule has 0 bridgehead atoms. The molecule has 6 heteroatoms. The van der Waals surface area contributed by atoms with Gasteiger partial charge in [0.15, 0.2) is 0 Å². The van der Waals surface area contributed by atoms with Crippen LogP contribution in [0.25, 0.3) is 0 Å². The molecule has 3 rings (SSSR count). The Morgan fingerprint density at radius 1 is 1.22 bits per heavy atom. The summed E-state index contributed by atoms with van der Waals surface area (Å²) in [6.45, 7) is 6.12. The summed E-state index contributed by atoms with van der Waals surface area (Å²) in [5.41, 5.74) is 0.529. The molecule has 146 valence electrons. The lowest BCUT2D eigenvalue weighted by molar-refractivity contribution is -0.123. The molecule has 2 aliphatic rings. The molecule has 1 heterocycles. The Labute approximate surface area is 164 Å². The molecule has 0 unspecified atom stereocenters. The van der Waals surface area contributed by atoms with Gasteiger partial charge in [-0.05, 0) is 64.4 Å². The summed E-state index contributed by atoms with van der Waals surface area (Å²) in [5, 5.41) is 9.34. The molecule has 0 aromatic carbocycles. The van der Waals surface area contributed by atoms with Crippen LogP contribution in [0.4, 0.5) is 10.5 Å². The minimum absolute atomic E-state index is 0.0119. The molecular formula is C21H27NO4S. The van der Waals surface area contributed by atoms with Gasteiger partial charge in [-0.1, -0.05) is 30.1 Å². The van der Waals surface area contributed by atoms with Crippen LogP contribution >= 0.6 is 11.3 Å². The summed E-state index contributed by atoms with van der Waals surface area (Å²) >= 11 is 1.20. The van der Waals surface area contributed by atoms with Crippen molar-refractivity contribution in [3.63, 3.8) is 0 Å². The van der Waals surface area contributed by atoms with Crippen molar-refractivity contribution in [1.29, 1.82) is 0 Å². The van der Waals surface area contributed by atoms with E-state index in [2.05, 4.69) is 18.8 Å². The number of hydrogen-bond acceptors (Lipinski definition) is 4. The largest absolute Gasteiger partial charge is 0.512 e. The number of hydrogen-bond donors (Lipinski definition) is 1. The van der Waals surface area contributed by atoms with Gasteiger partial charge >= 0.3 is 6.16 Å². The van der Waals surface area contributed by atoms with Crippen LogP contribution in [0.3, 0.4) is 0 Å². The van der Waals surface area contributed by atoms with Crippen molar-refractivity contribution >= 4 is 29.1 Å². The van der Waals surface area contributed by atoms with Crippen molar-refractivity contribution in [2.75, 3.05) is 4.90 Å². The minimum Gasteiger partial charge on any atom is -0.449 e. The fourth-order valence-corrected chi connectivity index (χ4v) is 4.36. The molecule has 5 nitrogen and oxygen atoms in total. The highest BCUT2D eigenvalue weighted by Gasteiger charge is 2.33. The molecular weight excluding hydrogens is 362 g/mol. The van der Waals surface area contributed by atoms with Crippen LogP contribution in [0.2, 0.25) is 0 Å². The summed E-state index contributed by atoms with van der Waals surface area (Å²) in [4.78, 5) is 26.9. The first-order valence-electron chi connectivity index (χ1n) is 9.74. The van der Waals surface area contributed by atoms with E-state index in [0.29, 0.717) is 17.5 Å². The molecule has 1 aromatic rings. The van der Waals surface area contributed by atoms with E-state index >= 15 is 0 Å². The van der Waals surface area contributed by atoms with E-state index in [1.807, 2.05) is 19.9 Å². The molecule has 1 aromatic heterocycles. The Morgan fingerprint density at radius 3 is 2.44 bits per heavy atom. The monoisotopic (exact) mass is 389 g/mol. The third-order valence-electron chi connectivity index (χ3n) is 5.21. The molecule has 1 amide bonds. The van der Waals surface area contributed by atoms with Crippen LogP contribution in [-0.2, 0) is 4.79 Å². The predicted octanol–water partition coefficient (Wildman–Crippen LogP) is 5.13. The fourth-order valence-electron chi connectivity index (χ4n) is 3.50.